The van der Waals surface area contributed by atoms with Gasteiger partial charge in [0.25, 0.3) is 0 Å². The highest BCUT2D eigenvalue weighted by molar-refractivity contribution is 5.94. The first-order chi connectivity index (χ1) is 17.4. The van der Waals surface area contributed by atoms with Crippen LogP contribution < -0.4 is 10.6 Å². The molecule has 4 rings (SSSR count). The smallest absolute Gasteiger partial charge is 0.378 e. The summed E-state index contributed by atoms with van der Waals surface area (Å²) in [6.45, 7) is 0.190. The predicted octanol–water partition coefficient (Wildman–Crippen LogP) is 0.716. The number of amides is 4. The topological polar surface area (TPSA) is 132 Å². The van der Waals surface area contributed by atoms with Gasteiger partial charge >= 0.3 is 12.1 Å². The molecule has 204 valence electrons. The van der Waals surface area contributed by atoms with Crippen LogP contribution in [-0.2, 0) is 23.9 Å². The fraction of sp³-hybridized carbons (Fsp3) is 0.792. The Bertz CT molecular complexity index is 992. The highest BCUT2D eigenvalue weighted by atomic mass is 19.4. The number of ether oxygens (including phenoxy) is 1. The molecule has 5 atom stereocenters. The molecule has 1 unspecified atom stereocenters. The second-order valence-electron chi connectivity index (χ2n) is 10.8. The Morgan fingerprint density at radius 3 is 2.41 bits per heavy atom. The van der Waals surface area contributed by atoms with Gasteiger partial charge in [0.15, 0.2) is 0 Å². The van der Waals surface area contributed by atoms with E-state index in [4.69, 9.17) is 4.74 Å². The maximum atomic E-state index is 13.8. The SMILES string of the molecule is COC1CNC(=O)[C@]12C[C@@H](C#N)N(C(=O)[C@H](CC1CC1)N(C)C(=O)[C@H](CC1CC1)NC(=O)C(F)(F)F)C2. The normalized spacial score (nSPS) is 29.0. The third-order valence-electron chi connectivity index (χ3n) is 8.10. The zero-order valence-corrected chi connectivity index (χ0v) is 20.8. The van der Waals surface area contributed by atoms with Crippen molar-refractivity contribution in [2.45, 2.75) is 75.4 Å². The van der Waals surface area contributed by atoms with Gasteiger partial charge in [-0.15, -0.1) is 0 Å². The summed E-state index contributed by atoms with van der Waals surface area (Å²) in [6, 6.07) is -1.30. The van der Waals surface area contributed by atoms with Crippen LogP contribution in [0.25, 0.3) is 0 Å². The van der Waals surface area contributed by atoms with Gasteiger partial charge in [0.1, 0.15) is 18.1 Å². The summed E-state index contributed by atoms with van der Waals surface area (Å²) in [5.74, 6) is -3.63. The molecule has 0 radical (unpaired) electrons. The number of nitriles is 1. The molecule has 0 aromatic rings. The minimum atomic E-state index is -5.15. The van der Waals surface area contributed by atoms with Crippen LogP contribution >= 0.6 is 0 Å². The molecule has 4 amide bonds. The number of carbonyl (C=O) groups is 4. The number of likely N-dealkylation sites (tertiary alicyclic amines) is 1. The summed E-state index contributed by atoms with van der Waals surface area (Å²) in [5.41, 5.74) is -1.09. The lowest BCUT2D eigenvalue weighted by atomic mass is 9.81. The largest absolute Gasteiger partial charge is 0.471 e. The van der Waals surface area contributed by atoms with Crippen molar-refractivity contribution in [3.05, 3.63) is 0 Å². The lowest BCUT2D eigenvalue weighted by Crippen LogP contribution is -2.57. The highest BCUT2D eigenvalue weighted by Gasteiger charge is 2.59. The minimum absolute atomic E-state index is 0.0294. The fourth-order valence-corrected chi connectivity index (χ4v) is 5.52. The summed E-state index contributed by atoms with van der Waals surface area (Å²) in [6.07, 6.45) is -2.05. The van der Waals surface area contributed by atoms with E-state index in [9.17, 15) is 37.6 Å². The van der Waals surface area contributed by atoms with Crippen LogP contribution in [0.4, 0.5) is 13.2 Å². The Balaban J connectivity index is 1.56. The van der Waals surface area contributed by atoms with Gasteiger partial charge in [0, 0.05) is 27.2 Å². The summed E-state index contributed by atoms with van der Waals surface area (Å²) in [7, 11) is 2.80. The van der Waals surface area contributed by atoms with Crippen LogP contribution in [0.1, 0.15) is 44.9 Å². The molecule has 4 fully saturated rings. The summed E-state index contributed by atoms with van der Waals surface area (Å²) in [4.78, 5) is 54.1. The quantitative estimate of drug-likeness (QED) is 0.454. The average molecular weight is 528 g/mol. The van der Waals surface area contributed by atoms with Crippen molar-refractivity contribution in [1.82, 2.24) is 20.4 Å². The maximum absolute atomic E-state index is 13.8. The first-order valence-electron chi connectivity index (χ1n) is 12.6. The Hall–Kier alpha value is -2.88. The van der Waals surface area contributed by atoms with Crippen molar-refractivity contribution in [2.24, 2.45) is 17.3 Å². The minimum Gasteiger partial charge on any atom is -0.378 e. The van der Waals surface area contributed by atoms with Gasteiger partial charge in [-0.2, -0.15) is 18.4 Å². The number of nitrogens with zero attached hydrogens (tertiary/aromatic N) is 3. The third kappa shape index (κ3) is 5.54. The predicted molar refractivity (Wildman–Crippen MR) is 121 cm³/mol. The number of nitrogens with one attached hydrogen (secondary N) is 2. The number of likely N-dealkylation sites (N-methyl/N-ethyl adjacent to an activating group) is 1. The summed E-state index contributed by atoms with van der Waals surface area (Å²) >= 11 is 0. The molecule has 0 aromatic carbocycles. The molecule has 4 aliphatic rings. The molecule has 37 heavy (non-hydrogen) atoms. The van der Waals surface area contributed by atoms with Crippen LogP contribution in [0.15, 0.2) is 0 Å². The molecule has 0 bridgehead atoms. The molecule has 10 nitrogen and oxygen atoms in total. The van der Waals surface area contributed by atoms with Gasteiger partial charge in [-0.3, -0.25) is 19.2 Å². The van der Waals surface area contributed by atoms with E-state index < -0.39 is 53.5 Å². The number of rotatable bonds is 9. The summed E-state index contributed by atoms with van der Waals surface area (Å²) < 4.78 is 44.3. The third-order valence-corrected chi connectivity index (χ3v) is 8.10. The van der Waals surface area contributed by atoms with Gasteiger partial charge in [-0.1, -0.05) is 25.7 Å². The second-order valence-corrected chi connectivity index (χ2v) is 10.8. The van der Waals surface area contributed by atoms with Crippen molar-refractivity contribution >= 4 is 23.6 Å². The van der Waals surface area contributed by atoms with Crippen LogP contribution in [0, 0.1) is 28.6 Å². The van der Waals surface area contributed by atoms with E-state index in [0.717, 1.165) is 30.6 Å². The van der Waals surface area contributed by atoms with E-state index in [-0.39, 0.29) is 50.1 Å². The second kappa shape index (κ2) is 10.1. The standard InChI is InChI=1S/C24H32F3N5O5/c1-31(19(33)16(7-13-3-4-13)30-22(36)24(25,26)27)17(8-14-5-6-14)20(34)32-12-23(9-15(32)10-28)18(37-2)11-29-21(23)35/h13-18H,3-9,11-12H2,1-2H3,(H,29,35)(H,30,36)/t15-,16-,17-,18?,23-/m0/s1. The Kier molecular flexibility index (Phi) is 7.43. The zero-order valence-electron chi connectivity index (χ0n) is 20.8. The van der Waals surface area contributed by atoms with Crippen molar-refractivity contribution in [1.29, 1.82) is 5.26 Å². The monoisotopic (exact) mass is 527 g/mol. The van der Waals surface area contributed by atoms with Gasteiger partial charge in [0.2, 0.25) is 17.7 Å². The molecule has 2 aliphatic heterocycles. The van der Waals surface area contributed by atoms with Crippen LogP contribution in [0.3, 0.4) is 0 Å². The molecular weight excluding hydrogens is 495 g/mol. The maximum Gasteiger partial charge on any atom is 0.471 e. The number of halogens is 3. The first kappa shape index (κ1) is 27.2. The van der Waals surface area contributed by atoms with E-state index in [0.29, 0.717) is 0 Å². The van der Waals surface area contributed by atoms with Gasteiger partial charge in [-0.05, 0) is 31.1 Å². The average Bonchev–Trinajstić information content (AvgIpc) is 3.78. The lowest BCUT2D eigenvalue weighted by Gasteiger charge is -2.35. The molecule has 2 aliphatic carbocycles. The fourth-order valence-electron chi connectivity index (χ4n) is 5.52. The molecular formula is C24H32F3N5O5. The van der Waals surface area contributed by atoms with Crippen molar-refractivity contribution in [2.75, 3.05) is 27.2 Å². The number of methoxy groups -OCH3 is 1. The van der Waals surface area contributed by atoms with E-state index >= 15 is 0 Å². The van der Waals surface area contributed by atoms with Gasteiger partial charge in [-0.25, -0.2) is 0 Å². The first-order valence-corrected chi connectivity index (χ1v) is 12.6. The van der Waals surface area contributed by atoms with E-state index in [1.165, 1.54) is 19.1 Å². The molecule has 2 heterocycles. The summed E-state index contributed by atoms with van der Waals surface area (Å²) in [5, 5.41) is 14.4. The van der Waals surface area contributed by atoms with Crippen molar-refractivity contribution in [3.63, 3.8) is 0 Å². The van der Waals surface area contributed by atoms with Gasteiger partial charge < -0.3 is 25.2 Å². The van der Waals surface area contributed by atoms with Crippen LogP contribution in [0.5, 0.6) is 0 Å². The lowest BCUT2D eigenvalue weighted by molar-refractivity contribution is -0.175. The molecule has 13 heteroatoms. The Labute approximate surface area is 212 Å². The van der Waals surface area contributed by atoms with E-state index in [2.05, 4.69) is 11.4 Å². The highest BCUT2D eigenvalue weighted by Crippen LogP contribution is 2.43. The number of carbonyl (C=O) groups excluding carboxylic acids is 4. The number of hydrogen-bond acceptors (Lipinski definition) is 6. The molecule has 2 saturated carbocycles. The molecule has 0 aromatic heterocycles. The van der Waals surface area contributed by atoms with E-state index in [1.807, 2.05) is 5.32 Å². The number of hydrogen-bond donors (Lipinski definition) is 2. The van der Waals surface area contributed by atoms with Crippen molar-refractivity contribution < 1.29 is 37.1 Å². The van der Waals surface area contributed by atoms with Crippen LogP contribution in [-0.4, -0.2) is 91.1 Å². The Morgan fingerprint density at radius 2 is 1.86 bits per heavy atom. The van der Waals surface area contributed by atoms with Crippen LogP contribution in [0.2, 0.25) is 0 Å². The van der Waals surface area contributed by atoms with Crippen molar-refractivity contribution in [3.8, 4) is 6.07 Å². The molecule has 2 saturated heterocycles. The molecule has 2 N–H and O–H groups in total. The zero-order chi connectivity index (χ0) is 27.1. The van der Waals surface area contributed by atoms with E-state index in [1.54, 1.807) is 0 Å². The van der Waals surface area contributed by atoms with Gasteiger partial charge in [0.05, 0.1) is 17.6 Å². The molecule has 1 spiro atoms. The Morgan fingerprint density at radius 1 is 1.24 bits per heavy atom. The number of alkyl halides is 3.